The Morgan fingerprint density at radius 1 is 1.07 bits per heavy atom. The Balaban J connectivity index is 1.50. The lowest BCUT2D eigenvalue weighted by Crippen LogP contribution is -2.48. The van der Waals surface area contributed by atoms with Crippen molar-refractivity contribution in [2.75, 3.05) is 30.2 Å². The molecule has 238 valence electrons. The van der Waals surface area contributed by atoms with Gasteiger partial charge in [0.15, 0.2) is 29.0 Å². The van der Waals surface area contributed by atoms with Crippen molar-refractivity contribution in [3.63, 3.8) is 0 Å². The number of nitrogens with one attached hydrogen (secondary N) is 2. The lowest BCUT2D eigenvalue weighted by atomic mass is 10.1. The van der Waals surface area contributed by atoms with Crippen LogP contribution in [0.15, 0.2) is 12.7 Å². The maximum atomic E-state index is 12.8. The normalized spacial score (nSPS) is 24.8. The molecule has 2 fully saturated rings. The van der Waals surface area contributed by atoms with Gasteiger partial charge in [-0.2, -0.15) is 26.3 Å². The van der Waals surface area contributed by atoms with Gasteiger partial charge in [0.05, 0.1) is 19.7 Å². The SMILES string of the molecule is COC(=O)[C@H](CC[S+](C)C[C@H]1O[C@@H](n2cnc3c(NC(=O)C(F)(F)F)ncnc32)[C@@H]2OC(C)(C)O[C@@H]21)NC(=O)C(F)(F)F. The highest BCUT2D eigenvalue weighted by Gasteiger charge is 2.57. The third-order valence-electron chi connectivity index (χ3n) is 6.50. The van der Waals surface area contributed by atoms with Crippen molar-refractivity contribution in [2.24, 2.45) is 0 Å². The minimum atomic E-state index is -5.18. The topological polar surface area (TPSA) is 156 Å². The van der Waals surface area contributed by atoms with Gasteiger partial charge < -0.3 is 29.6 Å². The van der Waals surface area contributed by atoms with E-state index in [4.69, 9.17) is 14.2 Å². The maximum Gasteiger partial charge on any atom is 0.471 e. The maximum absolute atomic E-state index is 12.8. The van der Waals surface area contributed by atoms with Gasteiger partial charge in [0.2, 0.25) is 0 Å². The number of hydrogen-bond donors (Lipinski definition) is 2. The molecule has 0 radical (unpaired) electrons. The number of ether oxygens (including phenoxy) is 4. The first-order valence-electron chi connectivity index (χ1n) is 12.5. The van der Waals surface area contributed by atoms with Crippen LogP contribution in [0.4, 0.5) is 32.2 Å². The van der Waals surface area contributed by atoms with Crippen molar-refractivity contribution in [1.82, 2.24) is 24.8 Å². The molecule has 43 heavy (non-hydrogen) atoms. The van der Waals surface area contributed by atoms with Crippen molar-refractivity contribution >= 4 is 45.7 Å². The molecule has 2 amide bonds. The number of hydrogen-bond acceptors (Lipinski definition) is 10. The molecule has 4 heterocycles. The predicted octanol–water partition coefficient (Wildman–Crippen LogP) is 1.60. The third kappa shape index (κ3) is 7.29. The number of nitrogens with zero attached hydrogens (tertiary/aromatic N) is 4. The zero-order valence-electron chi connectivity index (χ0n) is 23.0. The molecule has 0 bridgehead atoms. The molecule has 13 nitrogen and oxygen atoms in total. The molecule has 2 saturated heterocycles. The number of carbonyl (C=O) groups is 3. The lowest BCUT2D eigenvalue weighted by Gasteiger charge is -2.24. The van der Waals surface area contributed by atoms with E-state index in [1.54, 1.807) is 30.7 Å². The molecule has 6 atom stereocenters. The van der Waals surface area contributed by atoms with Crippen molar-refractivity contribution in [1.29, 1.82) is 0 Å². The summed E-state index contributed by atoms with van der Waals surface area (Å²) in [6.07, 6.45) is -9.41. The van der Waals surface area contributed by atoms with E-state index in [-0.39, 0.29) is 23.3 Å². The van der Waals surface area contributed by atoms with Gasteiger partial charge in [-0.1, -0.05) is 0 Å². The van der Waals surface area contributed by atoms with Crippen LogP contribution in [0.2, 0.25) is 0 Å². The summed E-state index contributed by atoms with van der Waals surface area (Å²) in [6, 6.07) is -1.52. The van der Waals surface area contributed by atoms with E-state index in [2.05, 4.69) is 19.7 Å². The number of methoxy groups -OCH3 is 1. The Morgan fingerprint density at radius 3 is 2.35 bits per heavy atom. The van der Waals surface area contributed by atoms with Crippen LogP contribution in [0.25, 0.3) is 11.2 Å². The van der Waals surface area contributed by atoms with Gasteiger partial charge in [-0.05, 0) is 24.7 Å². The summed E-state index contributed by atoms with van der Waals surface area (Å²) in [5.74, 6) is -6.51. The number of rotatable bonds is 9. The fraction of sp³-hybridized carbons (Fsp3) is 0.652. The van der Waals surface area contributed by atoms with Crippen LogP contribution in [0.1, 0.15) is 26.5 Å². The number of aromatic nitrogens is 4. The van der Waals surface area contributed by atoms with Gasteiger partial charge in [-0.25, -0.2) is 19.7 Å². The second-order valence-electron chi connectivity index (χ2n) is 10.1. The molecule has 0 saturated carbocycles. The summed E-state index contributed by atoms with van der Waals surface area (Å²) in [5.41, 5.74) is -0.0890. The molecule has 2 aromatic rings. The van der Waals surface area contributed by atoms with E-state index >= 15 is 0 Å². The van der Waals surface area contributed by atoms with Crippen molar-refractivity contribution < 1.29 is 59.7 Å². The summed E-state index contributed by atoms with van der Waals surface area (Å²) in [4.78, 5) is 46.7. The monoisotopic (exact) mass is 645 g/mol. The highest BCUT2D eigenvalue weighted by molar-refractivity contribution is 7.96. The minimum Gasteiger partial charge on any atom is -0.467 e. The van der Waals surface area contributed by atoms with Crippen LogP contribution in [-0.2, 0) is 44.2 Å². The molecule has 0 aromatic carbocycles. The fourth-order valence-electron chi connectivity index (χ4n) is 4.64. The molecule has 4 rings (SSSR count). The van der Waals surface area contributed by atoms with E-state index in [0.717, 1.165) is 13.4 Å². The Kier molecular flexibility index (Phi) is 9.15. The zero-order valence-corrected chi connectivity index (χ0v) is 23.8. The van der Waals surface area contributed by atoms with E-state index in [9.17, 15) is 40.7 Å². The first kappa shape index (κ1) is 32.7. The van der Waals surface area contributed by atoms with E-state index in [0.29, 0.717) is 5.75 Å². The van der Waals surface area contributed by atoms with Gasteiger partial charge in [-0.3, -0.25) is 14.2 Å². The first-order chi connectivity index (χ1) is 19.9. The summed E-state index contributed by atoms with van der Waals surface area (Å²) in [6.45, 7) is 3.35. The smallest absolute Gasteiger partial charge is 0.467 e. The Labute approximate surface area is 242 Å². The molecule has 2 aromatic heterocycles. The van der Waals surface area contributed by atoms with E-state index in [1.165, 1.54) is 10.9 Å². The van der Waals surface area contributed by atoms with E-state index in [1.807, 2.05) is 0 Å². The van der Waals surface area contributed by atoms with Gasteiger partial charge in [0.1, 0.15) is 42.2 Å². The van der Waals surface area contributed by atoms with Gasteiger partial charge in [-0.15, -0.1) is 0 Å². The van der Waals surface area contributed by atoms with Crippen molar-refractivity contribution in [2.45, 2.75) is 69.0 Å². The van der Waals surface area contributed by atoms with Gasteiger partial charge in [0.25, 0.3) is 0 Å². The average molecular weight is 646 g/mol. The number of amides is 2. The van der Waals surface area contributed by atoms with Crippen LogP contribution < -0.4 is 10.6 Å². The van der Waals surface area contributed by atoms with Crippen molar-refractivity contribution in [3.8, 4) is 0 Å². The number of anilines is 1. The lowest BCUT2D eigenvalue weighted by molar-refractivity contribution is -0.193. The van der Waals surface area contributed by atoms with Crippen molar-refractivity contribution in [3.05, 3.63) is 12.7 Å². The van der Waals surface area contributed by atoms with Crippen LogP contribution in [0.5, 0.6) is 0 Å². The number of carbonyl (C=O) groups excluding carboxylic acids is 3. The molecular formula is C23H27F6N6O7S+. The molecule has 2 N–H and O–H groups in total. The highest BCUT2D eigenvalue weighted by Crippen LogP contribution is 2.44. The van der Waals surface area contributed by atoms with Crippen LogP contribution in [0, 0.1) is 0 Å². The summed E-state index contributed by atoms with van der Waals surface area (Å²) < 4.78 is 101. The standard InChI is InChI=1S/C23H26F6N6O7S/c1-21(2)41-13-11(7-43(4)6-5-10(18(36)39-3)33-19(37)22(24,25)26)40-17(14(13)42-21)35-9-32-12-15(30-8-31-16(12)35)34-20(38)23(27,28)29/h8-11,13-14,17H,5-7H2,1-4H3,(H-,30,31,33,34,37,38)/p+1/t10-,11+,13+,14+,17+,43?/m0/s1. The molecule has 1 unspecified atom stereocenters. The molecule has 20 heteroatoms. The molecule has 2 aliphatic rings. The zero-order chi connectivity index (χ0) is 31.9. The summed E-state index contributed by atoms with van der Waals surface area (Å²) in [7, 11) is 0.408. The predicted molar refractivity (Wildman–Crippen MR) is 135 cm³/mol. The largest absolute Gasteiger partial charge is 0.471 e. The summed E-state index contributed by atoms with van der Waals surface area (Å²) in [5, 5.41) is 3.32. The average Bonchev–Trinajstić information content (AvgIpc) is 3.56. The van der Waals surface area contributed by atoms with Crippen LogP contribution in [0.3, 0.4) is 0 Å². The molecule has 0 aliphatic carbocycles. The number of imidazole rings is 1. The number of fused-ring (bicyclic) bond motifs is 2. The summed E-state index contributed by atoms with van der Waals surface area (Å²) >= 11 is 0. The number of alkyl halides is 6. The highest BCUT2D eigenvalue weighted by atomic mass is 32.2. The fourth-order valence-corrected chi connectivity index (χ4v) is 6.27. The van der Waals surface area contributed by atoms with Crippen LogP contribution >= 0.6 is 0 Å². The van der Waals surface area contributed by atoms with Gasteiger partial charge >= 0.3 is 30.1 Å². The second-order valence-corrected chi connectivity index (χ2v) is 12.4. The Morgan fingerprint density at radius 2 is 1.72 bits per heavy atom. The first-order valence-corrected chi connectivity index (χ1v) is 14.5. The number of esters is 1. The Bertz CT molecular complexity index is 1370. The van der Waals surface area contributed by atoms with E-state index < -0.39 is 83.2 Å². The quantitative estimate of drug-likeness (QED) is 0.233. The molecular weight excluding hydrogens is 618 g/mol. The third-order valence-corrected chi connectivity index (χ3v) is 8.33. The van der Waals surface area contributed by atoms with Crippen LogP contribution in [-0.4, -0.2) is 105 Å². The Hall–Kier alpha value is -3.23. The van der Waals surface area contributed by atoms with Gasteiger partial charge in [0, 0.05) is 6.42 Å². The molecule has 0 spiro atoms. The minimum absolute atomic E-state index is 0.0435. The molecule has 2 aliphatic heterocycles. The number of halogens is 6. The second kappa shape index (κ2) is 12.0.